The van der Waals surface area contributed by atoms with Gasteiger partial charge in [-0.2, -0.15) is 0 Å². The van der Waals surface area contributed by atoms with E-state index in [1.165, 1.54) is 23.3 Å². The highest BCUT2D eigenvalue weighted by atomic mass is 32.1. The van der Waals surface area contributed by atoms with Crippen LogP contribution in [0.1, 0.15) is 28.8 Å². The van der Waals surface area contributed by atoms with Crippen molar-refractivity contribution in [3.05, 3.63) is 45.6 Å². The zero-order valence-corrected chi connectivity index (χ0v) is 14.1. The predicted molar refractivity (Wildman–Crippen MR) is 93.1 cm³/mol. The van der Waals surface area contributed by atoms with Crippen molar-refractivity contribution in [2.75, 3.05) is 13.4 Å². The molecule has 124 valence electrons. The number of rotatable bonds is 5. The van der Waals surface area contributed by atoms with Gasteiger partial charge in [0.25, 0.3) is 0 Å². The van der Waals surface area contributed by atoms with Crippen LogP contribution in [0.3, 0.4) is 0 Å². The molecule has 0 spiro atoms. The van der Waals surface area contributed by atoms with Crippen molar-refractivity contribution >= 4 is 11.3 Å². The Morgan fingerprint density at radius 1 is 1.17 bits per heavy atom. The minimum atomic E-state index is -0.0938. The molecule has 0 unspecified atom stereocenters. The van der Waals surface area contributed by atoms with Gasteiger partial charge in [0.15, 0.2) is 11.5 Å². The lowest BCUT2D eigenvalue weighted by Gasteiger charge is -2.21. The summed E-state index contributed by atoms with van der Waals surface area (Å²) >= 11 is 1.73. The minimum Gasteiger partial charge on any atom is -0.454 e. The van der Waals surface area contributed by atoms with Crippen LogP contribution in [0.25, 0.3) is 0 Å². The van der Waals surface area contributed by atoms with E-state index >= 15 is 0 Å². The summed E-state index contributed by atoms with van der Waals surface area (Å²) < 4.78 is 10.9. The van der Waals surface area contributed by atoms with E-state index in [9.17, 15) is 0 Å². The molecule has 1 aliphatic heterocycles. The van der Waals surface area contributed by atoms with E-state index in [1.54, 1.807) is 11.3 Å². The van der Waals surface area contributed by atoms with Crippen molar-refractivity contribution in [1.29, 1.82) is 0 Å². The van der Waals surface area contributed by atoms with Crippen LogP contribution in [0, 0.1) is 11.8 Å². The summed E-state index contributed by atoms with van der Waals surface area (Å²) in [6.07, 6.45) is 2.54. The van der Waals surface area contributed by atoms with Crippen molar-refractivity contribution < 1.29 is 14.6 Å². The SMILES string of the molecule is OCC#Cc1csc(CN(Cc2ccc3c(c2)OCO3)C2CC2)c1. The number of aliphatic hydroxyl groups is 1. The number of fused-ring (bicyclic) bond motifs is 1. The van der Waals surface area contributed by atoms with Crippen molar-refractivity contribution in [2.45, 2.75) is 32.0 Å². The lowest BCUT2D eigenvalue weighted by atomic mass is 10.2. The lowest BCUT2D eigenvalue weighted by molar-refractivity contribution is 0.174. The van der Waals surface area contributed by atoms with E-state index in [1.807, 2.05) is 6.07 Å². The Balaban J connectivity index is 1.46. The molecule has 1 fully saturated rings. The molecule has 1 N–H and O–H groups in total. The maximum atomic E-state index is 8.79. The molecule has 0 atom stereocenters. The fourth-order valence-electron chi connectivity index (χ4n) is 2.90. The Bertz CT molecular complexity index is 785. The van der Waals surface area contributed by atoms with Crippen LogP contribution < -0.4 is 9.47 Å². The third kappa shape index (κ3) is 3.57. The molecule has 5 heteroatoms. The first-order valence-corrected chi connectivity index (χ1v) is 8.99. The third-order valence-electron chi connectivity index (χ3n) is 4.21. The first-order chi connectivity index (χ1) is 11.8. The van der Waals surface area contributed by atoms with E-state index in [4.69, 9.17) is 14.6 Å². The fraction of sp³-hybridized carbons (Fsp3) is 0.368. The van der Waals surface area contributed by atoms with Crippen molar-refractivity contribution in [3.8, 4) is 23.3 Å². The second kappa shape index (κ2) is 6.86. The first kappa shape index (κ1) is 15.5. The Morgan fingerprint density at radius 2 is 2.04 bits per heavy atom. The van der Waals surface area contributed by atoms with Gasteiger partial charge in [-0.3, -0.25) is 4.90 Å². The Kier molecular flexibility index (Phi) is 4.44. The van der Waals surface area contributed by atoms with Crippen LogP contribution in [0.5, 0.6) is 11.5 Å². The average molecular weight is 341 g/mol. The highest BCUT2D eigenvalue weighted by Crippen LogP contribution is 2.35. The normalized spacial score (nSPS) is 15.4. The summed E-state index contributed by atoms with van der Waals surface area (Å²) in [7, 11) is 0. The van der Waals surface area contributed by atoms with Gasteiger partial charge in [-0.05, 0) is 36.6 Å². The number of thiophene rings is 1. The molecule has 1 aliphatic carbocycles. The summed E-state index contributed by atoms with van der Waals surface area (Å²) in [5.41, 5.74) is 2.24. The van der Waals surface area contributed by atoms with E-state index in [0.29, 0.717) is 12.8 Å². The number of aliphatic hydroxyl groups excluding tert-OH is 1. The molecule has 24 heavy (non-hydrogen) atoms. The molecule has 0 amide bonds. The number of hydrogen-bond acceptors (Lipinski definition) is 5. The summed E-state index contributed by atoms with van der Waals surface area (Å²) in [4.78, 5) is 3.83. The van der Waals surface area contributed by atoms with E-state index in [-0.39, 0.29) is 6.61 Å². The predicted octanol–water partition coefficient (Wildman–Crippen LogP) is 2.99. The molecule has 1 aromatic heterocycles. The number of nitrogens with zero attached hydrogens (tertiary/aromatic N) is 1. The van der Waals surface area contributed by atoms with Gasteiger partial charge in [0.1, 0.15) is 6.61 Å². The van der Waals surface area contributed by atoms with Crippen LogP contribution in [0.2, 0.25) is 0 Å². The van der Waals surface area contributed by atoms with Crippen LogP contribution in [0.4, 0.5) is 0 Å². The maximum absolute atomic E-state index is 8.79. The highest BCUT2D eigenvalue weighted by molar-refractivity contribution is 7.10. The second-order valence-electron chi connectivity index (χ2n) is 6.09. The number of hydrogen-bond donors (Lipinski definition) is 1. The Hall–Kier alpha value is -2.00. The van der Waals surface area contributed by atoms with Crippen LogP contribution in [0.15, 0.2) is 29.6 Å². The minimum absolute atomic E-state index is 0.0938. The molecule has 0 saturated heterocycles. The lowest BCUT2D eigenvalue weighted by Crippen LogP contribution is -2.24. The van der Waals surface area contributed by atoms with Crippen molar-refractivity contribution in [3.63, 3.8) is 0 Å². The summed E-state index contributed by atoms with van der Waals surface area (Å²) in [5.74, 6) is 7.36. The van der Waals surface area contributed by atoms with E-state index in [0.717, 1.165) is 30.2 Å². The quantitative estimate of drug-likeness (QED) is 0.849. The van der Waals surface area contributed by atoms with E-state index < -0.39 is 0 Å². The van der Waals surface area contributed by atoms with Gasteiger partial charge in [0, 0.05) is 35.0 Å². The summed E-state index contributed by atoms with van der Waals surface area (Å²) in [6, 6.07) is 9.00. The van der Waals surface area contributed by atoms with Crippen LogP contribution in [-0.4, -0.2) is 29.4 Å². The molecule has 0 bridgehead atoms. The largest absolute Gasteiger partial charge is 0.454 e. The van der Waals surface area contributed by atoms with Gasteiger partial charge >= 0.3 is 0 Å². The standard InChI is InChI=1S/C19H19NO3S/c21-7-1-2-15-8-17(24-12-15)11-20(16-4-5-16)10-14-3-6-18-19(9-14)23-13-22-18/h3,6,8-9,12,16,21H,4-5,7,10-11,13H2. The van der Waals surface area contributed by atoms with Gasteiger partial charge < -0.3 is 14.6 Å². The summed E-state index contributed by atoms with van der Waals surface area (Å²) in [6.45, 7) is 2.07. The van der Waals surface area contributed by atoms with E-state index in [2.05, 4.69) is 40.3 Å². The second-order valence-corrected chi connectivity index (χ2v) is 7.08. The zero-order valence-electron chi connectivity index (χ0n) is 13.3. The topological polar surface area (TPSA) is 41.9 Å². The molecular formula is C19H19NO3S. The van der Waals surface area contributed by atoms with Gasteiger partial charge in [0.05, 0.1) is 0 Å². The Morgan fingerprint density at radius 3 is 2.88 bits per heavy atom. The molecule has 2 aromatic rings. The highest BCUT2D eigenvalue weighted by Gasteiger charge is 2.29. The van der Waals surface area contributed by atoms with Crippen molar-refractivity contribution in [2.24, 2.45) is 0 Å². The van der Waals surface area contributed by atoms with Crippen LogP contribution in [-0.2, 0) is 13.1 Å². The third-order valence-corrected chi connectivity index (χ3v) is 5.13. The van der Waals surface area contributed by atoms with Crippen molar-refractivity contribution in [1.82, 2.24) is 4.90 Å². The molecule has 1 aromatic carbocycles. The molecule has 4 nitrogen and oxygen atoms in total. The van der Waals surface area contributed by atoms with Crippen LogP contribution >= 0.6 is 11.3 Å². The number of benzene rings is 1. The van der Waals surface area contributed by atoms with Gasteiger partial charge in [0.2, 0.25) is 6.79 Å². The van der Waals surface area contributed by atoms with Gasteiger partial charge in [-0.1, -0.05) is 17.9 Å². The zero-order chi connectivity index (χ0) is 16.4. The average Bonchev–Trinajstić information content (AvgIpc) is 3.17. The molecule has 2 aliphatic rings. The monoisotopic (exact) mass is 341 g/mol. The van der Waals surface area contributed by atoms with Gasteiger partial charge in [-0.15, -0.1) is 11.3 Å². The Labute approximate surface area is 145 Å². The number of ether oxygens (including phenoxy) is 2. The molecule has 4 rings (SSSR count). The van der Waals surface area contributed by atoms with Gasteiger partial charge in [-0.25, -0.2) is 0 Å². The molecule has 0 radical (unpaired) electrons. The fourth-order valence-corrected chi connectivity index (χ4v) is 3.74. The molecule has 1 saturated carbocycles. The maximum Gasteiger partial charge on any atom is 0.231 e. The smallest absolute Gasteiger partial charge is 0.231 e. The summed E-state index contributed by atoms with van der Waals surface area (Å²) in [5, 5.41) is 10.9. The first-order valence-electron chi connectivity index (χ1n) is 8.11. The molecule has 2 heterocycles. The molecular weight excluding hydrogens is 322 g/mol.